The molecule has 3 aliphatic rings. The first kappa shape index (κ1) is 19.5. The highest BCUT2D eigenvalue weighted by molar-refractivity contribution is 5.68. The molecule has 0 aromatic carbocycles. The Labute approximate surface area is 167 Å². The van der Waals surface area contributed by atoms with Gasteiger partial charge in [-0.15, -0.1) is 0 Å². The zero-order chi connectivity index (χ0) is 19.9. The Bertz CT molecular complexity index is 785. The smallest absolute Gasteiger partial charge is 0.410 e. The van der Waals surface area contributed by atoms with Crippen molar-refractivity contribution >= 4 is 6.09 Å². The third kappa shape index (κ3) is 4.11. The van der Waals surface area contributed by atoms with Gasteiger partial charge in [0.1, 0.15) is 5.60 Å². The molecule has 3 fully saturated rings. The Morgan fingerprint density at radius 1 is 1.25 bits per heavy atom. The van der Waals surface area contributed by atoms with Gasteiger partial charge in [-0.2, -0.15) is 0 Å². The third-order valence-corrected chi connectivity index (χ3v) is 6.68. The summed E-state index contributed by atoms with van der Waals surface area (Å²) in [4.78, 5) is 31.7. The van der Waals surface area contributed by atoms with Crippen molar-refractivity contribution in [1.82, 2.24) is 14.5 Å². The third-order valence-electron chi connectivity index (χ3n) is 6.68. The minimum atomic E-state index is -0.473. The van der Waals surface area contributed by atoms with Crippen LogP contribution in [0.4, 0.5) is 4.79 Å². The molecule has 2 saturated carbocycles. The highest BCUT2D eigenvalue weighted by Gasteiger charge is 2.47. The lowest BCUT2D eigenvalue weighted by atomic mass is 9.69. The van der Waals surface area contributed by atoms with Gasteiger partial charge in [-0.25, -0.2) is 9.78 Å². The molecule has 1 aromatic heterocycles. The quantitative estimate of drug-likeness (QED) is 0.788. The molecule has 0 N–H and O–H groups in total. The van der Waals surface area contributed by atoms with E-state index in [1.807, 2.05) is 25.7 Å². The van der Waals surface area contributed by atoms with Crippen LogP contribution in [0.2, 0.25) is 0 Å². The van der Waals surface area contributed by atoms with Gasteiger partial charge in [0.25, 0.3) is 5.56 Å². The molecule has 1 amide bonds. The monoisotopic (exact) mass is 387 g/mol. The molecular formula is C22H33N3O3. The lowest BCUT2D eigenvalue weighted by Crippen LogP contribution is -2.52. The maximum absolute atomic E-state index is 12.6. The molecule has 4 rings (SSSR count). The highest BCUT2D eigenvalue weighted by Crippen LogP contribution is 2.49. The maximum atomic E-state index is 12.6. The standard InChI is InChI=1S/C22H33N3O3/c1-21(2,3)28-20(27)24-11-8-17(22(14-24)9-4-5-10-22)13-25-15-23-18(12-19(25)26)16-6-7-16/h12,15-17H,4-11,13-14H2,1-3H3/t17-/m0/s1. The average Bonchev–Trinajstić information content (AvgIpc) is 3.37. The molecule has 0 radical (unpaired) electrons. The number of likely N-dealkylation sites (tertiary alicyclic amines) is 1. The summed E-state index contributed by atoms with van der Waals surface area (Å²) in [6.45, 7) is 7.88. The van der Waals surface area contributed by atoms with Gasteiger partial charge in [0.15, 0.2) is 0 Å². The Morgan fingerprint density at radius 2 is 1.96 bits per heavy atom. The Hall–Kier alpha value is -1.85. The summed E-state index contributed by atoms with van der Waals surface area (Å²) < 4.78 is 7.41. The van der Waals surface area contributed by atoms with Crippen LogP contribution in [-0.4, -0.2) is 39.2 Å². The van der Waals surface area contributed by atoms with Crippen LogP contribution in [0.3, 0.4) is 0 Å². The average molecular weight is 388 g/mol. The van der Waals surface area contributed by atoms with E-state index in [0.29, 0.717) is 24.9 Å². The van der Waals surface area contributed by atoms with Gasteiger partial charge in [-0.05, 0) is 64.2 Å². The maximum Gasteiger partial charge on any atom is 0.410 e. The Kier molecular flexibility index (Phi) is 5.00. The molecular weight excluding hydrogens is 354 g/mol. The lowest BCUT2D eigenvalue weighted by molar-refractivity contribution is -0.0156. The van der Waals surface area contributed by atoms with Gasteiger partial charge >= 0.3 is 6.09 Å². The molecule has 1 saturated heterocycles. The zero-order valence-electron chi connectivity index (χ0n) is 17.4. The predicted octanol–water partition coefficient (Wildman–Crippen LogP) is 3.94. The first-order valence-corrected chi connectivity index (χ1v) is 10.8. The van der Waals surface area contributed by atoms with Gasteiger partial charge < -0.3 is 9.64 Å². The summed E-state index contributed by atoms with van der Waals surface area (Å²) in [6.07, 6.45) is 9.42. The van der Waals surface area contributed by atoms with E-state index in [-0.39, 0.29) is 17.1 Å². The number of rotatable bonds is 3. The van der Waals surface area contributed by atoms with Gasteiger partial charge in [0, 0.05) is 31.6 Å². The molecule has 0 bridgehead atoms. The van der Waals surface area contributed by atoms with Crippen molar-refractivity contribution in [3.63, 3.8) is 0 Å². The predicted molar refractivity (Wildman–Crippen MR) is 107 cm³/mol. The number of carbonyl (C=O) groups is 1. The molecule has 1 aliphatic heterocycles. The van der Waals surface area contributed by atoms with Gasteiger partial charge in [0.2, 0.25) is 0 Å². The number of nitrogens with zero attached hydrogens (tertiary/aromatic N) is 3. The first-order chi connectivity index (χ1) is 13.3. The Morgan fingerprint density at radius 3 is 2.57 bits per heavy atom. The fraction of sp³-hybridized carbons (Fsp3) is 0.773. The molecule has 6 nitrogen and oxygen atoms in total. The van der Waals surface area contributed by atoms with Crippen LogP contribution in [0.1, 0.15) is 77.3 Å². The van der Waals surface area contributed by atoms with E-state index in [9.17, 15) is 9.59 Å². The molecule has 2 aliphatic carbocycles. The van der Waals surface area contributed by atoms with Crippen LogP contribution < -0.4 is 5.56 Å². The second kappa shape index (κ2) is 7.20. The molecule has 6 heteroatoms. The number of ether oxygens (including phenoxy) is 1. The van der Waals surface area contributed by atoms with Crippen molar-refractivity contribution in [2.24, 2.45) is 11.3 Å². The fourth-order valence-corrected chi connectivity index (χ4v) is 5.04. The van der Waals surface area contributed by atoms with Crippen molar-refractivity contribution in [2.45, 2.75) is 83.8 Å². The first-order valence-electron chi connectivity index (χ1n) is 10.8. The summed E-state index contributed by atoms with van der Waals surface area (Å²) in [6, 6.07) is 1.73. The van der Waals surface area contributed by atoms with Gasteiger partial charge in [-0.1, -0.05) is 12.8 Å². The number of aromatic nitrogens is 2. The van der Waals surface area contributed by atoms with Gasteiger partial charge in [-0.3, -0.25) is 9.36 Å². The zero-order valence-corrected chi connectivity index (χ0v) is 17.4. The van der Waals surface area contributed by atoms with E-state index in [1.54, 1.807) is 17.0 Å². The van der Waals surface area contributed by atoms with Crippen molar-refractivity contribution < 1.29 is 9.53 Å². The van der Waals surface area contributed by atoms with E-state index in [4.69, 9.17) is 4.74 Å². The number of hydrogen-bond acceptors (Lipinski definition) is 4. The van der Waals surface area contributed by atoms with Crippen LogP contribution in [0.25, 0.3) is 0 Å². The van der Waals surface area contributed by atoms with Crippen molar-refractivity contribution in [1.29, 1.82) is 0 Å². The molecule has 0 unspecified atom stereocenters. The molecule has 154 valence electrons. The van der Waals surface area contributed by atoms with Crippen molar-refractivity contribution in [2.75, 3.05) is 13.1 Å². The summed E-state index contributed by atoms with van der Waals surface area (Å²) in [5.41, 5.74) is 0.652. The summed E-state index contributed by atoms with van der Waals surface area (Å²) in [5.74, 6) is 0.903. The summed E-state index contributed by atoms with van der Waals surface area (Å²) in [5, 5.41) is 0. The largest absolute Gasteiger partial charge is 0.444 e. The second-order valence-electron chi connectivity index (χ2n) is 10.0. The number of hydrogen-bond donors (Lipinski definition) is 0. The SMILES string of the molecule is CC(C)(C)OC(=O)N1CC[C@@H](Cn2cnc(C3CC3)cc2=O)C2(CCCC2)C1. The van der Waals surface area contributed by atoms with E-state index in [0.717, 1.165) is 44.3 Å². The van der Waals surface area contributed by atoms with Crippen molar-refractivity contribution in [3.05, 3.63) is 28.4 Å². The van der Waals surface area contributed by atoms with E-state index in [1.165, 1.54) is 12.8 Å². The Balaban J connectivity index is 1.49. The van der Waals surface area contributed by atoms with Crippen LogP contribution in [-0.2, 0) is 11.3 Å². The molecule has 1 atom stereocenters. The molecule has 2 heterocycles. The van der Waals surface area contributed by atoms with Crippen LogP contribution in [0.15, 0.2) is 17.2 Å². The fourth-order valence-electron chi connectivity index (χ4n) is 5.04. The number of piperidine rings is 1. The summed E-state index contributed by atoms with van der Waals surface area (Å²) in [7, 11) is 0. The van der Waals surface area contributed by atoms with Crippen LogP contribution >= 0.6 is 0 Å². The highest BCUT2D eigenvalue weighted by atomic mass is 16.6. The van der Waals surface area contributed by atoms with E-state index in [2.05, 4.69) is 4.98 Å². The van der Waals surface area contributed by atoms with Crippen molar-refractivity contribution in [3.8, 4) is 0 Å². The van der Waals surface area contributed by atoms with Crippen LogP contribution in [0.5, 0.6) is 0 Å². The lowest BCUT2D eigenvalue weighted by Gasteiger charge is -2.46. The second-order valence-corrected chi connectivity index (χ2v) is 10.0. The molecule has 1 aromatic rings. The van der Waals surface area contributed by atoms with E-state index >= 15 is 0 Å². The molecule has 1 spiro atoms. The minimum absolute atomic E-state index is 0.0691. The number of carbonyl (C=O) groups excluding carboxylic acids is 1. The van der Waals surface area contributed by atoms with Gasteiger partial charge in [0.05, 0.1) is 12.0 Å². The number of amides is 1. The summed E-state index contributed by atoms with van der Waals surface area (Å²) >= 11 is 0. The topological polar surface area (TPSA) is 64.4 Å². The molecule has 28 heavy (non-hydrogen) atoms. The normalized spacial score (nSPS) is 24.5. The van der Waals surface area contributed by atoms with Crippen LogP contribution in [0, 0.1) is 11.3 Å². The minimum Gasteiger partial charge on any atom is -0.444 e. The van der Waals surface area contributed by atoms with E-state index < -0.39 is 5.60 Å².